The van der Waals surface area contributed by atoms with Gasteiger partial charge in [-0.25, -0.2) is 0 Å². The maximum Gasteiger partial charge on any atom is 0.311 e. The normalized spacial score (nSPS) is 11.0. The Hall–Kier alpha value is -1.89. The first-order chi connectivity index (χ1) is 10.4. The lowest BCUT2D eigenvalue weighted by Crippen LogP contribution is -2.43. The molecule has 6 nitrogen and oxygen atoms in total. The molecule has 22 heavy (non-hydrogen) atoms. The highest BCUT2D eigenvalue weighted by atomic mass is 32.1. The van der Waals surface area contributed by atoms with Gasteiger partial charge in [0, 0.05) is 19.5 Å². The molecular formula is C15H22N2O4S. The van der Waals surface area contributed by atoms with E-state index < -0.39 is 11.4 Å². The summed E-state index contributed by atoms with van der Waals surface area (Å²) >= 11 is 1.33. The van der Waals surface area contributed by atoms with E-state index in [0.29, 0.717) is 17.7 Å². The van der Waals surface area contributed by atoms with Gasteiger partial charge in [0.15, 0.2) is 0 Å². The number of carbonyl (C=O) groups is 3. The molecule has 1 aromatic heterocycles. The SMILES string of the molecule is CCC(CC)(CNC(=O)CCNC(=O)c1cccs1)C(=O)O. The van der Waals surface area contributed by atoms with Gasteiger partial charge in [-0.2, -0.15) is 0 Å². The number of hydrogen-bond acceptors (Lipinski definition) is 4. The van der Waals surface area contributed by atoms with Crippen molar-refractivity contribution in [2.24, 2.45) is 5.41 Å². The average Bonchev–Trinajstić information content (AvgIpc) is 3.02. The van der Waals surface area contributed by atoms with Gasteiger partial charge in [0.1, 0.15) is 0 Å². The van der Waals surface area contributed by atoms with Crippen molar-refractivity contribution in [3.8, 4) is 0 Å². The molecular weight excluding hydrogens is 304 g/mol. The number of rotatable bonds is 9. The zero-order chi connectivity index (χ0) is 16.6. The monoisotopic (exact) mass is 326 g/mol. The molecule has 0 aliphatic heterocycles. The number of amides is 2. The highest BCUT2D eigenvalue weighted by molar-refractivity contribution is 7.12. The Morgan fingerprint density at radius 2 is 1.91 bits per heavy atom. The van der Waals surface area contributed by atoms with E-state index in [4.69, 9.17) is 0 Å². The zero-order valence-electron chi connectivity index (χ0n) is 12.8. The van der Waals surface area contributed by atoms with Crippen LogP contribution in [0.15, 0.2) is 17.5 Å². The first kappa shape index (κ1) is 18.2. The Balaban J connectivity index is 2.34. The lowest BCUT2D eigenvalue weighted by molar-refractivity contribution is -0.149. The van der Waals surface area contributed by atoms with Crippen LogP contribution in [-0.4, -0.2) is 36.0 Å². The molecule has 0 saturated carbocycles. The van der Waals surface area contributed by atoms with Gasteiger partial charge in [0.25, 0.3) is 5.91 Å². The summed E-state index contributed by atoms with van der Waals surface area (Å²) in [5, 5.41) is 16.4. The maximum atomic E-state index is 11.8. The molecule has 1 heterocycles. The van der Waals surface area contributed by atoms with Gasteiger partial charge >= 0.3 is 5.97 Å². The average molecular weight is 326 g/mol. The van der Waals surface area contributed by atoms with Gasteiger partial charge in [-0.15, -0.1) is 11.3 Å². The fraction of sp³-hybridized carbons (Fsp3) is 0.533. The zero-order valence-corrected chi connectivity index (χ0v) is 13.7. The smallest absolute Gasteiger partial charge is 0.311 e. The molecule has 7 heteroatoms. The minimum Gasteiger partial charge on any atom is -0.481 e. The third-order valence-corrected chi connectivity index (χ3v) is 4.68. The largest absolute Gasteiger partial charge is 0.481 e. The van der Waals surface area contributed by atoms with Crippen LogP contribution in [-0.2, 0) is 9.59 Å². The van der Waals surface area contributed by atoms with Crippen molar-refractivity contribution in [3.63, 3.8) is 0 Å². The molecule has 1 aromatic rings. The van der Waals surface area contributed by atoms with Gasteiger partial charge < -0.3 is 15.7 Å². The molecule has 0 atom stereocenters. The second kappa shape index (κ2) is 8.53. The van der Waals surface area contributed by atoms with Crippen LogP contribution in [0.2, 0.25) is 0 Å². The molecule has 0 saturated heterocycles. The fourth-order valence-electron chi connectivity index (χ4n) is 2.02. The molecule has 122 valence electrons. The Bertz CT molecular complexity index is 510. The van der Waals surface area contributed by atoms with Crippen LogP contribution < -0.4 is 10.6 Å². The number of nitrogens with one attached hydrogen (secondary N) is 2. The number of carboxylic acid groups (broad SMARTS) is 1. The molecule has 0 aliphatic carbocycles. The Labute approximate surface area is 133 Å². The lowest BCUT2D eigenvalue weighted by Gasteiger charge is -2.26. The summed E-state index contributed by atoms with van der Waals surface area (Å²) in [6.45, 7) is 3.92. The summed E-state index contributed by atoms with van der Waals surface area (Å²) in [4.78, 5) is 35.4. The van der Waals surface area contributed by atoms with Gasteiger partial charge in [-0.05, 0) is 24.3 Å². The quantitative estimate of drug-likeness (QED) is 0.645. The molecule has 2 amide bonds. The number of carboxylic acids is 1. The van der Waals surface area contributed by atoms with E-state index in [1.807, 2.05) is 5.38 Å². The third kappa shape index (κ3) is 4.84. The number of carbonyl (C=O) groups excluding carboxylic acids is 2. The van der Waals surface area contributed by atoms with Crippen molar-refractivity contribution in [3.05, 3.63) is 22.4 Å². The lowest BCUT2D eigenvalue weighted by atomic mass is 9.82. The van der Waals surface area contributed by atoms with Gasteiger partial charge in [-0.1, -0.05) is 19.9 Å². The molecule has 0 unspecified atom stereocenters. The fourth-order valence-corrected chi connectivity index (χ4v) is 2.66. The molecule has 0 bridgehead atoms. The molecule has 1 rings (SSSR count). The summed E-state index contributed by atoms with van der Waals surface area (Å²) in [6.07, 6.45) is 1.03. The predicted octanol–water partition coefficient (Wildman–Crippen LogP) is 1.88. The van der Waals surface area contributed by atoms with Crippen LogP contribution in [0.1, 0.15) is 42.8 Å². The van der Waals surface area contributed by atoms with E-state index in [0.717, 1.165) is 0 Å². The van der Waals surface area contributed by atoms with E-state index in [9.17, 15) is 19.5 Å². The van der Waals surface area contributed by atoms with Gasteiger partial charge in [0.05, 0.1) is 10.3 Å². The topological polar surface area (TPSA) is 95.5 Å². The van der Waals surface area contributed by atoms with E-state index in [1.54, 1.807) is 26.0 Å². The number of thiophene rings is 1. The van der Waals surface area contributed by atoms with Crippen LogP contribution in [0.3, 0.4) is 0 Å². The Kier molecular flexibility index (Phi) is 7.04. The van der Waals surface area contributed by atoms with E-state index >= 15 is 0 Å². The molecule has 0 radical (unpaired) electrons. The van der Waals surface area contributed by atoms with Crippen molar-refractivity contribution >= 4 is 29.1 Å². The predicted molar refractivity (Wildman–Crippen MR) is 84.9 cm³/mol. The number of hydrogen-bond donors (Lipinski definition) is 3. The number of aliphatic carboxylic acids is 1. The second-order valence-electron chi connectivity index (χ2n) is 5.05. The summed E-state index contributed by atoms with van der Waals surface area (Å²) in [7, 11) is 0. The van der Waals surface area contributed by atoms with E-state index in [2.05, 4.69) is 10.6 Å². The molecule has 0 aromatic carbocycles. The van der Waals surface area contributed by atoms with Gasteiger partial charge in [0.2, 0.25) is 5.91 Å². The molecule has 0 spiro atoms. The van der Waals surface area contributed by atoms with Crippen LogP contribution in [0, 0.1) is 5.41 Å². The van der Waals surface area contributed by atoms with Gasteiger partial charge in [-0.3, -0.25) is 14.4 Å². The van der Waals surface area contributed by atoms with Crippen molar-refractivity contribution < 1.29 is 19.5 Å². The minimum atomic E-state index is -0.921. The van der Waals surface area contributed by atoms with Crippen LogP contribution in [0.25, 0.3) is 0 Å². The first-order valence-corrected chi connectivity index (χ1v) is 8.15. The molecule has 0 fully saturated rings. The Morgan fingerprint density at radius 1 is 1.23 bits per heavy atom. The van der Waals surface area contributed by atoms with E-state index in [-0.39, 0.29) is 31.3 Å². The van der Waals surface area contributed by atoms with Crippen molar-refractivity contribution in [1.82, 2.24) is 10.6 Å². The summed E-state index contributed by atoms with van der Waals surface area (Å²) in [5.74, 6) is -1.37. The second-order valence-corrected chi connectivity index (χ2v) is 6.00. The molecule has 0 aliphatic rings. The highest BCUT2D eigenvalue weighted by Gasteiger charge is 2.34. The summed E-state index contributed by atoms with van der Waals surface area (Å²) in [5.41, 5.74) is -0.921. The standard InChI is InChI=1S/C15H22N2O4S/c1-3-15(4-2,14(20)21)10-17-12(18)7-8-16-13(19)11-6-5-9-22-11/h5-6,9H,3-4,7-8,10H2,1-2H3,(H,16,19)(H,17,18)(H,20,21). The minimum absolute atomic E-state index is 0.104. The molecule has 3 N–H and O–H groups in total. The maximum absolute atomic E-state index is 11.8. The summed E-state index contributed by atoms with van der Waals surface area (Å²) in [6, 6.07) is 3.50. The van der Waals surface area contributed by atoms with Crippen LogP contribution in [0.4, 0.5) is 0 Å². The van der Waals surface area contributed by atoms with Crippen molar-refractivity contribution in [2.75, 3.05) is 13.1 Å². The van der Waals surface area contributed by atoms with Crippen LogP contribution >= 0.6 is 11.3 Å². The van der Waals surface area contributed by atoms with E-state index in [1.165, 1.54) is 11.3 Å². The highest BCUT2D eigenvalue weighted by Crippen LogP contribution is 2.25. The third-order valence-electron chi connectivity index (χ3n) is 3.81. The van der Waals surface area contributed by atoms with Crippen molar-refractivity contribution in [1.29, 1.82) is 0 Å². The van der Waals surface area contributed by atoms with Crippen molar-refractivity contribution in [2.45, 2.75) is 33.1 Å². The Morgan fingerprint density at radius 3 is 2.41 bits per heavy atom. The first-order valence-electron chi connectivity index (χ1n) is 7.27. The van der Waals surface area contributed by atoms with Crippen LogP contribution in [0.5, 0.6) is 0 Å². The summed E-state index contributed by atoms with van der Waals surface area (Å²) < 4.78 is 0.